The molecule has 0 saturated carbocycles. The van der Waals surface area contributed by atoms with Crippen molar-refractivity contribution >= 4 is 34.1 Å². The summed E-state index contributed by atoms with van der Waals surface area (Å²) in [5, 5.41) is 0. The average Bonchev–Trinajstić information content (AvgIpc) is 2.97. The first kappa shape index (κ1) is 20.7. The van der Waals surface area contributed by atoms with Crippen molar-refractivity contribution in [3.8, 4) is 0 Å². The molecule has 2 heterocycles. The molecule has 1 aromatic rings. The normalized spacial score (nSPS) is 21.4. The molecule has 1 aromatic carbocycles. The molecule has 0 bridgehead atoms. The van der Waals surface area contributed by atoms with E-state index in [4.69, 9.17) is 4.74 Å². The number of rotatable bonds is 5. The van der Waals surface area contributed by atoms with Gasteiger partial charge in [0.15, 0.2) is 11.6 Å². The Balaban J connectivity index is 1.75. The number of amides is 1. The maximum absolute atomic E-state index is 14.8. The maximum Gasteiger partial charge on any atom is 0.414 e. The van der Waals surface area contributed by atoms with Gasteiger partial charge < -0.3 is 14.4 Å². The first-order chi connectivity index (χ1) is 13.3. The molecule has 0 radical (unpaired) electrons. The topological polar surface area (TPSA) is 66.9 Å². The van der Waals surface area contributed by atoms with Crippen molar-refractivity contribution in [1.82, 2.24) is 0 Å². The van der Waals surface area contributed by atoms with Gasteiger partial charge in [0.2, 0.25) is 0 Å². The van der Waals surface area contributed by atoms with Crippen molar-refractivity contribution in [3.05, 3.63) is 23.8 Å². The molecule has 9 heteroatoms. The highest BCUT2D eigenvalue weighted by molar-refractivity contribution is 7.84. The minimum absolute atomic E-state index is 0.00646. The summed E-state index contributed by atoms with van der Waals surface area (Å²) >= 11 is 0. The van der Waals surface area contributed by atoms with E-state index in [1.807, 2.05) is 0 Å². The molecule has 28 heavy (non-hydrogen) atoms. The first-order valence-electron chi connectivity index (χ1n) is 9.41. The van der Waals surface area contributed by atoms with Crippen LogP contribution in [0.5, 0.6) is 0 Å². The van der Waals surface area contributed by atoms with Crippen LogP contribution >= 0.6 is 0 Å². The Morgan fingerprint density at radius 2 is 1.82 bits per heavy atom. The SMILES string of the molecule is CC(=O)CC[C@H]1CN(c2cc(F)c(N3CCCS(=O)CCC3)c(F)c2)C(=O)O1. The number of hydrogen-bond acceptors (Lipinski definition) is 5. The molecule has 0 aromatic heterocycles. The Morgan fingerprint density at radius 3 is 2.39 bits per heavy atom. The number of halogens is 2. The molecule has 2 fully saturated rings. The third-order valence-electron chi connectivity index (χ3n) is 4.92. The number of hydrogen-bond donors (Lipinski definition) is 0. The Morgan fingerprint density at radius 1 is 1.21 bits per heavy atom. The molecule has 1 amide bonds. The fourth-order valence-electron chi connectivity index (χ4n) is 3.53. The molecule has 0 unspecified atom stereocenters. The van der Waals surface area contributed by atoms with Crippen LogP contribution in [0.1, 0.15) is 32.6 Å². The van der Waals surface area contributed by atoms with E-state index in [0.29, 0.717) is 43.9 Å². The number of carbonyl (C=O) groups excluding carboxylic acids is 2. The minimum Gasteiger partial charge on any atom is -0.444 e. The third kappa shape index (κ3) is 4.87. The number of benzene rings is 1. The number of ketones is 1. The van der Waals surface area contributed by atoms with Crippen LogP contribution in [-0.4, -0.2) is 53.3 Å². The smallest absolute Gasteiger partial charge is 0.414 e. The van der Waals surface area contributed by atoms with Gasteiger partial charge >= 0.3 is 6.09 Å². The number of ether oxygens (including phenoxy) is 1. The van der Waals surface area contributed by atoms with Gasteiger partial charge in [0.05, 0.1) is 12.2 Å². The van der Waals surface area contributed by atoms with Gasteiger partial charge in [-0.25, -0.2) is 13.6 Å². The second kappa shape index (κ2) is 8.98. The number of cyclic esters (lactones) is 1. The highest BCUT2D eigenvalue weighted by Gasteiger charge is 2.33. The van der Waals surface area contributed by atoms with Gasteiger partial charge in [-0.15, -0.1) is 0 Å². The number of Topliss-reactive ketones (excluding diaryl/α,β-unsaturated/α-hetero) is 1. The van der Waals surface area contributed by atoms with Crippen molar-refractivity contribution in [1.29, 1.82) is 0 Å². The predicted octanol–water partition coefficient (Wildman–Crippen LogP) is 3.01. The Bertz CT molecular complexity index is 754. The van der Waals surface area contributed by atoms with Crippen LogP contribution in [0, 0.1) is 11.6 Å². The summed E-state index contributed by atoms with van der Waals surface area (Å²) in [7, 11) is -0.862. The molecule has 2 saturated heterocycles. The lowest BCUT2D eigenvalue weighted by Crippen LogP contribution is -2.32. The fraction of sp³-hybridized carbons (Fsp3) is 0.579. The lowest BCUT2D eigenvalue weighted by atomic mass is 10.1. The Hall–Kier alpha value is -2.03. The van der Waals surface area contributed by atoms with Crippen molar-refractivity contribution < 1.29 is 27.3 Å². The monoisotopic (exact) mass is 414 g/mol. The number of anilines is 2. The van der Waals surface area contributed by atoms with E-state index in [2.05, 4.69) is 0 Å². The summed E-state index contributed by atoms with van der Waals surface area (Å²) in [6, 6.07) is 2.29. The molecule has 154 valence electrons. The maximum atomic E-state index is 14.8. The van der Waals surface area contributed by atoms with Gasteiger partial charge in [-0.3, -0.25) is 9.11 Å². The second-order valence-electron chi connectivity index (χ2n) is 7.16. The summed E-state index contributed by atoms with van der Waals surface area (Å²) in [4.78, 5) is 26.0. The van der Waals surface area contributed by atoms with E-state index in [1.54, 1.807) is 4.90 Å². The molecule has 2 aliphatic heterocycles. The first-order valence-corrected chi connectivity index (χ1v) is 10.9. The molecular formula is C19H24F2N2O4S. The minimum atomic E-state index is -0.862. The second-order valence-corrected chi connectivity index (χ2v) is 8.85. The van der Waals surface area contributed by atoms with Gasteiger partial charge in [-0.2, -0.15) is 0 Å². The van der Waals surface area contributed by atoms with E-state index in [-0.39, 0.29) is 30.1 Å². The molecule has 3 rings (SSSR count). The molecular weight excluding hydrogens is 390 g/mol. The summed E-state index contributed by atoms with van der Waals surface area (Å²) < 4.78 is 46.4. The van der Waals surface area contributed by atoms with Crippen molar-refractivity contribution in [3.63, 3.8) is 0 Å². The molecule has 6 nitrogen and oxygen atoms in total. The quantitative estimate of drug-likeness (QED) is 0.741. The predicted molar refractivity (Wildman–Crippen MR) is 103 cm³/mol. The van der Waals surface area contributed by atoms with Crippen LogP contribution in [0.3, 0.4) is 0 Å². The zero-order valence-corrected chi connectivity index (χ0v) is 16.6. The lowest BCUT2D eigenvalue weighted by molar-refractivity contribution is -0.117. The summed E-state index contributed by atoms with van der Waals surface area (Å²) in [5.41, 5.74) is -0.0145. The van der Waals surface area contributed by atoms with E-state index in [9.17, 15) is 22.6 Å². The molecule has 0 aliphatic carbocycles. The van der Waals surface area contributed by atoms with Crippen LogP contribution in [0.2, 0.25) is 0 Å². The van der Waals surface area contributed by atoms with E-state index >= 15 is 0 Å². The molecule has 1 atom stereocenters. The largest absolute Gasteiger partial charge is 0.444 e. The van der Waals surface area contributed by atoms with Gasteiger partial charge in [0.25, 0.3) is 0 Å². The van der Waals surface area contributed by atoms with E-state index in [1.165, 1.54) is 11.8 Å². The van der Waals surface area contributed by atoms with Crippen LogP contribution in [0.15, 0.2) is 12.1 Å². The average molecular weight is 414 g/mol. The van der Waals surface area contributed by atoms with Gasteiger partial charge in [-0.1, -0.05) is 0 Å². The lowest BCUT2D eigenvalue weighted by Gasteiger charge is -2.28. The highest BCUT2D eigenvalue weighted by atomic mass is 32.2. The molecule has 0 N–H and O–H groups in total. The van der Waals surface area contributed by atoms with Crippen LogP contribution in [-0.2, 0) is 20.3 Å². The summed E-state index contributed by atoms with van der Waals surface area (Å²) in [6.45, 7) is 2.47. The highest BCUT2D eigenvalue weighted by Crippen LogP contribution is 2.32. The zero-order valence-electron chi connectivity index (χ0n) is 15.8. The third-order valence-corrected chi connectivity index (χ3v) is 6.41. The zero-order chi connectivity index (χ0) is 20.3. The van der Waals surface area contributed by atoms with Crippen molar-refractivity contribution in [2.45, 2.75) is 38.7 Å². The van der Waals surface area contributed by atoms with Crippen molar-refractivity contribution in [2.24, 2.45) is 0 Å². The van der Waals surface area contributed by atoms with Crippen LogP contribution in [0.25, 0.3) is 0 Å². The fourth-order valence-corrected chi connectivity index (χ4v) is 4.63. The Kier molecular flexibility index (Phi) is 6.64. The van der Waals surface area contributed by atoms with Crippen LogP contribution < -0.4 is 9.80 Å². The summed E-state index contributed by atoms with van der Waals surface area (Å²) in [5.74, 6) is -0.431. The molecule has 2 aliphatic rings. The van der Waals surface area contributed by atoms with Crippen LogP contribution in [0.4, 0.5) is 25.0 Å². The van der Waals surface area contributed by atoms with E-state index in [0.717, 1.165) is 12.1 Å². The van der Waals surface area contributed by atoms with Crippen molar-refractivity contribution in [2.75, 3.05) is 40.9 Å². The summed E-state index contributed by atoms with van der Waals surface area (Å²) in [6.07, 6.45) is 0.724. The molecule has 0 spiro atoms. The van der Waals surface area contributed by atoms with Gasteiger partial charge in [0, 0.05) is 53.9 Å². The number of nitrogens with zero attached hydrogens (tertiary/aromatic N) is 2. The Labute approximate surface area is 165 Å². The standard InChI is InChI=1S/C19H24F2N2O4S/c1-13(24)4-5-15-12-23(19(25)27-15)14-10-16(20)18(17(21)11-14)22-6-2-8-28(26)9-3-7-22/h10-11,15H,2-9,12H2,1H3/t15-/m0/s1. The van der Waals surface area contributed by atoms with E-state index < -0.39 is 34.6 Å². The van der Waals surface area contributed by atoms with Gasteiger partial charge in [0.1, 0.15) is 17.6 Å². The number of carbonyl (C=O) groups is 2. The van der Waals surface area contributed by atoms with Gasteiger partial charge in [-0.05, 0) is 26.2 Å².